The van der Waals surface area contributed by atoms with Crippen molar-refractivity contribution < 1.29 is 14.0 Å². The van der Waals surface area contributed by atoms with Crippen molar-refractivity contribution in [1.29, 1.82) is 0 Å². The zero-order chi connectivity index (χ0) is 21.4. The van der Waals surface area contributed by atoms with Crippen LogP contribution in [0.15, 0.2) is 47.5 Å². The van der Waals surface area contributed by atoms with E-state index in [9.17, 15) is 18.8 Å². The van der Waals surface area contributed by atoms with Gasteiger partial charge in [-0.25, -0.2) is 4.39 Å². The SMILES string of the molecule is CNC(=O)c1c2c(cn(-c3ccc(F)cc3)c1=O)CN(C(=O)c1ccnn1C)CC2. The predicted molar refractivity (Wildman–Crippen MR) is 107 cm³/mol. The monoisotopic (exact) mass is 409 g/mol. The third-order valence-electron chi connectivity index (χ3n) is 5.29. The molecule has 3 heterocycles. The van der Waals surface area contributed by atoms with Crippen molar-refractivity contribution in [2.24, 2.45) is 7.05 Å². The van der Waals surface area contributed by atoms with E-state index >= 15 is 0 Å². The first-order chi connectivity index (χ1) is 14.4. The number of hydrogen-bond acceptors (Lipinski definition) is 4. The molecule has 0 saturated carbocycles. The summed E-state index contributed by atoms with van der Waals surface area (Å²) in [5, 5.41) is 6.56. The number of amides is 2. The third kappa shape index (κ3) is 3.28. The van der Waals surface area contributed by atoms with Crippen LogP contribution in [0.3, 0.4) is 0 Å². The van der Waals surface area contributed by atoms with Crippen molar-refractivity contribution in [3.63, 3.8) is 0 Å². The van der Waals surface area contributed by atoms with Crippen LogP contribution >= 0.6 is 0 Å². The van der Waals surface area contributed by atoms with E-state index in [1.165, 1.54) is 40.6 Å². The van der Waals surface area contributed by atoms with Gasteiger partial charge in [-0.15, -0.1) is 0 Å². The van der Waals surface area contributed by atoms with Gasteiger partial charge in [-0.05, 0) is 47.9 Å². The molecule has 2 aromatic heterocycles. The van der Waals surface area contributed by atoms with E-state index in [-0.39, 0.29) is 18.0 Å². The first kappa shape index (κ1) is 19.6. The van der Waals surface area contributed by atoms with E-state index < -0.39 is 17.3 Å². The second kappa shape index (κ2) is 7.58. The van der Waals surface area contributed by atoms with Gasteiger partial charge in [0.15, 0.2) is 0 Å². The van der Waals surface area contributed by atoms with E-state index in [1.807, 2.05) is 0 Å². The molecule has 30 heavy (non-hydrogen) atoms. The summed E-state index contributed by atoms with van der Waals surface area (Å²) >= 11 is 0. The van der Waals surface area contributed by atoms with Gasteiger partial charge in [0.05, 0.1) is 0 Å². The zero-order valence-electron chi connectivity index (χ0n) is 16.6. The molecule has 0 aliphatic carbocycles. The maximum absolute atomic E-state index is 13.3. The maximum Gasteiger partial charge on any atom is 0.272 e. The van der Waals surface area contributed by atoms with Gasteiger partial charge in [0.1, 0.15) is 17.1 Å². The smallest absolute Gasteiger partial charge is 0.272 e. The average molecular weight is 409 g/mol. The standard InChI is InChI=1S/C21H20FN5O3/c1-23-19(28)18-16-8-10-26(20(29)17-7-9-24-25(17)2)11-13(16)12-27(21(18)30)15-5-3-14(22)4-6-15/h3-7,9,12H,8,10-11H2,1-2H3,(H,23,28). The van der Waals surface area contributed by atoms with Crippen LogP contribution in [-0.2, 0) is 20.0 Å². The maximum atomic E-state index is 13.3. The molecular formula is C21H20FN5O3. The Morgan fingerprint density at radius 1 is 1.17 bits per heavy atom. The summed E-state index contributed by atoms with van der Waals surface area (Å²) in [6.07, 6.45) is 3.56. The van der Waals surface area contributed by atoms with E-state index in [0.29, 0.717) is 35.5 Å². The molecule has 0 atom stereocenters. The van der Waals surface area contributed by atoms with Gasteiger partial charge in [0.2, 0.25) is 0 Å². The lowest BCUT2D eigenvalue weighted by molar-refractivity contribution is 0.0723. The number of benzene rings is 1. The van der Waals surface area contributed by atoms with Crippen molar-refractivity contribution in [2.75, 3.05) is 13.6 Å². The number of rotatable bonds is 3. The van der Waals surface area contributed by atoms with Crippen molar-refractivity contribution in [3.05, 3.63) is 81.3 Å². The van der Waals surface area contributed by atoms with Gasteiger partial charge in [-0.2, -0.15) is 5.10 Å². The molecule has 8 nitrogen and oxygen atoms in total. The fourth-order valence-electron chi connectivity index (χ4n) is 3.73. The number of carbonyl (C=O) groups excluding carboxylic acids is 2. The normalized spacial score (nSPS) is 13.1. The lowest BCUT2D eigenvalue weighted by Gasteiger charge is -2.30. The first-order valence-electron chi connectivity index (χ1n) is 9.43. The van der Waals surface area contributed by atoms with Crippen LogP contribution in [0.25, 0.3) is 5.69 Å². The quantitative estimate of drug-likeness (QED) is 0.706. The summed E-state index contributed by atoms with van der Waals surface area (Å²) in [6.45, 7) is 0.617. The molecule has 0 bridgehead atoms. The minimum Gasteiger partial charge on any atom is -0.355 e. The van der Waals surface area contributed by atoms with Gasteiger partial charge in [-0.1, -0.05) is 0 Å². The molecular weight excluding hydrogens is 389 g/mol. The highest BCUT2D eigenvalue weighted by Crippen LogP contribution is 2.23. The number of hydrogen-bond donors (Lipinski definition) is 1. The van der Waals surface area contributed by atoms with E-state index in [1.54, 1.807) is 30.4 Å². The number of aromatic nitrogens is 3. The molecule has 1 aromatic carbocycles. The molecule has 0 fully saturated rings. The fourth-order valence-corrected chi connectivity index (χ4v) is 3.73. The zero-order valence-corrected chi connectivity index (χ0v) is 16.6. The third-order valence-corrected chi connectivity index (χ3v) is 5.29. The summed E-state index contributed by atoms with van der Waals surface area (Å²) in [4.78, 5) is 40.2. The topological polar surface area (TPSA) is 89.2 Å². The summed E-state index contributed by atoms with van der Waals surface area (Å²) in [6, 6.07) is 7.08. The van der Waals surface area contributed by atoms with Crippen LogP contribution in [0.1, 0.15) is 32.0 Å². The van der Waals surface area contributed by atoms with Gasteiger partial charge >= 0.3 is 0 Å². The van der Waals surface area contributed by atoms with Crippen molar-refractivity contribution in [3.8, 4) is 5.69 Å². The average Bonchev–Trinajstić information content (AvgIpc) is 3.18. The fraction of sp³-hybridized carbons (Fsp3) is 0.238. The number of carbonyl (C=O) groups is 2. The van der Waals surface area contributed by atoms with E-state index in [4.69, 9.17) is 0 Å². The summed E-state index contributed by atoms with van der Waals surface area (Å²) in [5.41, 5.74) is 1.78. The van der Waals surface area contributed by atoms with Crippen LogP contribution < -0.4 is 10.9 Å². The van der Waals surface area contributed by atoms with Crippen LogP contribution in [0.4, 0.5) is 4.39 Å². The molecule has 0 spiro atoms. The summed E-state index contributed by atoms with van der Waals surface area (Å²) in [7, 11) is 3.16. The highest BCUT2D eigenvalue weighted by molar-refractivity contribution is 5.96. The lowest BCUT2D eigenvalue weighted by Crippen LogP contribution is -2.41. The summed E-state index contributed by atoms with van der Waals surface area (Å²) < 4.78 is 16.2. The Labute approximate surface area is 171 Å². The number of nitrogens with one attached hydrogen (secondary N) is 1. The van der Waals surface area contributed by atoms with E-state index in [0.717, 1.165) is 0 Å². The molecule has 2 amide bonds. The Balaban J connectivity index is 1.81. The Hall–Kier alpha value is -3.75. The Kier molecular flexibility index (Phi) is 4.94. The van der Waals surface area contributed by atoms with Crippen molar-refractivity contribution in [2.45, 2.75) is 13.0 Å². The van der Waals surface area contributed by atoms with Gasteiger partial charge in [0, 0.05) is 45.3 Å². The van der Waals surface area contributed by atoms with Gasteiger partial charge < -0.3 is 10.2 Å². The highest BCUT2D eigenvalue weighted by atomic mass is 19.1. The minimum atomic E-state index is -0.487. The molecule has 1 aliphatic heterocycles. The van der Waals surface area contributed by atoms with Crippen LogP contribution in [0, 0.1) is 5.82 Å². The number of aryl methyl sites for hydroxylation is 1. The van der Waals surface area contributed by atoms with Crippen LogP contribution in [0.2, 0.25) is 0 Å². The highest BCUT2D eigenvalue weighted by Gasteiger charge is 2.29. The minimum absolute atomic E-state index is 0.0481. The molecule has 9 heteroatoms. The number of nitrogens with zero attached hydrogens (tertiary/aromatic N) is 4. The van der Waals surface area contributed by atoms with Crippen molar-refractivity contribution in [1.82, 2.24) is 24.6 Å². The largest absolute Gasteiger partial charge is 0.355 e. The molecule has 0 saturated heterocycles. The van der Waals surface area contributed by atoms with Gasteiger partial charge in [0.25, 0.3) is 17.4 Å². The Morgan fingerprint density at radius 3 is 2.53 bits per heavy atom. The second-order valence-corrected chi connectivity index (χ2v) is 7.06. The van der Waals surface area contributed by atoms with Crippen LogP contribution in [0.5, 0.6) is 0 Å². The van der Waals surface area contributed by atoms with Crippen LogP contribution in [-0.4, -0.2) is 44.7 Å². The van der Waals surface area contributed by atoms with E-state index in [2.05, 4.69) is 10.4 Å². The molecule has 1 aliphatic rings. The number of halogens is 1. The summed E-state index contributed by atoms with van der Waals surface area (Å²) in [5.74, 6) is -1.09. The Bertz CT molecular complexity index is 1200. The Morgan fingerprint density at radius 2 is 1.90 bits per heavy atom. The second-order valence-electron chi connectivity index (χ2n) is 7.06. The molecule has 1 N–H and O–H groups in total. The first-order valence-corrected chi connectivity index (χ1v) is 9.43. The molecule has 4 rings (SSSR count). The molecule has 0 unspecified atom stereocenters. The number of fused-ring (bicyclic) bond motifs is 1. The molecule has 0 radical (unpaired) electrons. The lowest BCUT2D eigenvalue weighted by atomic mass is 9.95. The molecule has 154 valence electrons. The predicted octanol–water partition coefficient (Wildman–Crippen LogP) is 1.27. The van der Waals surface area contributed by atoms with Gasteiger partial charge in [-0.3, -0.25) is 23.6 Å². The van der Waals surface area contributed by atoms with Crippen molar-refractivity contribution >= 4 is 11.8 Å². The number of pyridine rings is 1. The molecule has 3 aromatic rings.